The summed E-state index contributed by atoms with van der Waals surface area (Å²) in [6.45, 7) is 0.892. The number of rotatable bonds is 5. The fourth-order valence-corrected chi connectivity index (χ4v) is 4.12. The second-order valence-corrected chi connectivity index (χ2v) is 7.91. The lowest BCUT2D eigenvalue weighted by Crippen LogP contribution is -2.29. The highest BCUT2D eigenvalue weighted by Gasteiger charge is 2.26. The van der Waals surface area contributed by atoms with Crippen LogP contribution in [0.15, 0.2) is 72.9 Å². The standard InChI is InChI=1S/C26H21FN4O2/c27-19-8-6-17(7-9-19)26(33)31-23-13-18(10-11-29-23)25-20(12-16-4-2-1-3-5-16)24-21(30-25)14-28-15-22(24)32/h1-11,13,28,30H,12,14-15H2,(H,29,31,33). The van der Waals surface area contributed by atoms with Crippen molar-refractivity contribution in [2.75, 3.05) is 11.9 Å². The monoisotopic (exact) mass is 440 g/mol. The highest BCUT2D eigenvalue weighted by atomic mass is 19.1. The van der Waals surface area contributed by atoms with Gasteiger partial charge in [-0.05, 0) is 47.5 Å². The number of carbonyl (C=O) groups excluding carboxylic acids is 2. The molecule has 6 nitrogen and oxygen atoms in total. The highest BCUT2D eigenvalue weighted by molar-refractivity contribution is 6.04. The quantitative estimate of drug-likeness (QED) is 0.431. The Morgan fingerprint density at radius 3 is 2.61 bits per heavy atom. The van der Waals surface area contributed by atoms with Crippen LogP contribution in [0, 0.1) is 5.82 Å². The van der Waals surface area contributed by atoms with Gasteiger partial charge in [0.25, 0.3) is 5.91 Å². The van der Waals surface area contributed by atoms with Crippen molar-refractivity contribution in [3.8, 4) is 11.3 Å². The molecule has 3 N–H and O–H groups in total. The molecule has 0 spiro atoms. The van der Waals surface area contributed by atoms with Gasteiger partial charge in [0.2, 0.25) is 0 Å². The van der Waals surface area contributed by atoms with Crippen LogP contribution >= 0.6 is 0 Å². The molecule has 3 heterocycles. The van der Waals surface area contributed by atoms with Crippen LogP contribution < -0.4 is 10.6 Å². The number of benzene rings is 2. The van der Waals surface area contributed by atoms with E-state index in [1.807, 2.05) is 36.4 Å². The Bertz CT molecular complexity index is 1330. The molecular weight excluding hydrogens is 419 g/mol. The van der Waals surface area contributed by atoms with Gasteiger partial charge in [0.05, 0.1) is 12.2 Å². The van der Waals surface area contributed by atoms with Crippen molar-refractivity contribution < 1.29 is 14.0 Å². The zero-order chi connectivity index (χ0) is 22.8. The van der Waals surface area contributed by atoms with E-state index in [0.29, 0.717) is 30.9 Å². The Morgan fingerprint density at radius 1 is 1.03 bits per heavy atom. The fourth-order valence-electron chi connectivity index (χ4n) is 4.12. The van der Waals surface area contributed by atoms with E-state index in [-0.39, 0.29) is 11.7 Å². The molecular formula is C26H21FN4O2. The minimum absolute atomic E-state index is 0.0589. The fraction of sp³-hybridized carbons (Fsp3) is 0.115. The van der Waals surface area contributed by atoms with Crippen LogP contribution in [0.25, 0.3) is 11.3 Å². The smallest absolute Gasteiger partial charge is 0.256 e. The lowest BCUT2D eigenvalue weighted by Gasteiger charge is -2.13. The number of hydrogen-bond acceptors (Lipinski definition) is 4. The second kappa shape index (κ2) is 8.80. The Labute approximate surface area is 189 Å². The maximum atomic E-state index is 13.2. The zero-order valence-electron chi connectivity index (χ0n) is 17.7. The first-order chi connectivity index (χ1) is 16.1. The van der Waals surface area contributed by atoms with E-state index in [0.717, 1.165) is 33.6 Å². The first kappa shape index (κ1) is 20.8. The number of hydrogen-bond donors (Lipinski definition) is 3. The number of Topliss-reactive ketones (excluding diaryl/α,β-unsaturated/α-hetero) is 1. The molecule has 0 saturated carbocycles. The molecule has 164 valence electrons. The third-order valence-corrected chi connectivity index (χ3v) is 5.67. The van der Waals surface area contributed by atoms with Crippen molar-refractivity contribution in [2.24, 2.45) is 0 Å². The Kier molecular flexibility index (Phi) is 5.54. The molecule has 7 heteroatoms. The molecule has 2 aromatic carbocycles. The normalized spacial score (nSPS) is 12.9. The van der Waals surface area contributed by atoms with E-state index in [2.05, 4.69) is 20.6 Å². The van der Waals surface area contributed by atoms with E-state index < -0.39 is 5.82 Å². The Hall–Kier alpha value is -4.10. The summed E-state index contributed by atoms with van der Waals surface area (Å²) in [5, 5.41) is 5.89. The second-order valence-electron chi connectivity index (χ2n) is 7.91. The maximum Gasteiger partial charge on any atom is 0.256 e. The van der Waals surface area contributed by atoms with Gasteiger partial charge in [-0.1, -0.05) is 30.3 Å². The van der Waals surface area contributed by atoms with Crippen LogP contribution in [0.5, 0.6) is 0 Å². The van der Waals surface area contributed by atoms with Crippen molar-refractivity contribution in [3.63, 3.8) is 0 Å². The zero-order valence-corrected chi connectivity index (χ0v) is 17.7. The van der Waals surface area contributed by atoms with Crippen molar-refractivity contribution in [2.45, 2.75) is 13.0 Å². The predicted octanol–water partition coefficient (Wildman–Crippen LogP) is 4.34. The number of carbonyl (C=O) groups is 2. The molecule has 1 aliphatic rings. The van der Waals surface area contributed by atoms with E-state index in [1.165, 1.54) is 24.3 Å². The van der Waals surface area contributed by atoms with Crippen molar-refractivity contribution in [3.05, 3.63) is 107 Å². The van der Waals surface area contributed by atoms with Crippen LogP contribution in [0.3, 0.4) is 0 Å². The molecule has 0 atom stereocenters. The van der Waals surface area contributed by atoms with E-state index in [9.17, 15) is 14.0 Å². The van der Waals surface area contributed by atoms with Gasteiger partial charge >= 0.3 is 0 Å². The number of fused-ring (bicyclic) bond motifs is 1. The molecule has 0 unspecified atom stereocenters. The van der Waals surface area contributed by atoms with Crippen LogP contribution in [0.2, 0.25) is 0 Å². The maximum absolute atomic E-state index is 13.2. The minimum atomic E-state index is -0.405. The first-order valence-corrected chi connectivity index (χ1v) is 10.6. The van der Waals surface area contributed by atoms with Gasteiger partial charge in [-0.25, -0.2) is 9.37 Å². The average molecular weight is 440 g/mol. The number of amides is 1. The molecule has 0 fully saturated rings. The Morgan fingerprint density at radius 2 is 1.82 bits per heavy atom. The average Bonchev–Trinajstić information content (AvgIpc) is 3.20. The summed E-state index contributed by atoms with van der Waals surface area (Å²) in [6, 6.07) is 18.9. The molecule has 33 heavy (non-hydrogen) atoms. The first-order valence-electron chi connectivity index (χ1n) is 10.6. The van der Waals surface area contributed by atoms with E-state index >= 15 is 0 Å². The summed E-state index contributed by atoms with van der Waals surface area (Å²) in [6.07, 6.45) is 2.22. The molecule has 0 radical (unpaired) electrons. The van der Waals surface area contributed by atoms with Crippen molar-refractivity contribution >= 4 is 17.5 Å². The number of H-pyrrole nitrogens is 1. The number of anilines is 1. The SMILES string of the molecule is O=C(Nc1cc(-c2[nH]c3c(c2Cc2ccccc2)C(=O)CNC3)ccn1)c1ccc(F)cc1. The van der Waals surface area contributed by atoms with Crippen LogP contribution in [0.1, 0.15) is 37.5 Å². The van der Waals surface area contributed by atoms with Gasteiger partial charge in [0.15, 0.2) is 5.78 Å². The van der Waals surface area contributed by atoms with Gasteiger partial charge in [0, 0.05) is 41.5 Å². The summed E-state index contributed by atoms with van der Waals surface area (Å²) in [5.74, 6) is -0.361. The molecule has 1 amide bonds. The topological polar surface area (TPSA) is 86.9 Å². The van der Waals surface area contributed by atoms with Gasteiger partial charge in [-0.2, -0.15) is 0 Å². The lowest BCUT2D eigenvalue weighted by molar-refractivity contribution is 0.0980. The minimum Gasteiger partial charge on any atom is -0.356 e. The largest absolute Gasteiger partial charge is 0.356 e. The van der Waals surface area contributed by atoms with Gasteiger partial charge < -0.3 is 15.6 Å². The molecule has 1 aliphatic heterocycles. The molecule has 0 bridgehead atoms. The number of ketones is 1. The van der Waals surface area contributed by atoms with Crippen LogP contribution in [0.4, 0.5) is 10.2 Å². The van der Waals surface area contributed by atoms with Gasteiger partial charge in [0.1, 0.15) is 11.6 Å². The predicted molar refractivity (Wildman–Crippen MR) is 124 cm³/mol. The number of pyridine rings is 1. The number of halogens is 1. The number of aromatic nitrogens is 2. The summed E-state index contributed by atoms with van der Waals surface area (Å²) in [7, 11) is 0. The lowest BCUT2D eigenvalue weighted by atomic mass is 9.94. The summed E-state index contributed by atoms with van der Waals surface area (Å²) < 4.78 is 13.2. The third-order valence-electron chi connectivity index (χ3n) is 5.67. The van der Waals surface area contributed by atoms with E-state index in [1.54, 1.807) is 12.3 Å². The molecule has 0 saturated heterocycles. The molecule has 2 aromatic heterocycles. The van der Waals surface area contributed by atoms with Crippen molar-refractivity contribution in [1.82, 2.24) is 15.3 Å². The van der Waals surface area contributed by atoms with Gasteiger partial charge in [-0.15, -0.1) is 0 Å². The Balaban J connectivity index is 1.51. The van der Waals surface area contributed by atoms with Gasteiger partial charge in [-0.3, -0.25) is 9.59 Å². The number of aromatic amines is 1. The molecule has 0 aliphatic carbocycles. The van der Waals surface area contributed by atoms with Crippen LogP contribution in [-0.2, 0) is 13.0 Å². The molecule has 5 rings (SSSR count). The van der Waals surface area contributed by atoms with Crippen molar-refractivity contribution in [1.29, 1.82) is 0 Å². The number of nitrogens with one attached hydrogen (secondary N) is 3. The summed E-state index contributed by atoms with van der Waals surface area (Å²) >= 11 is 0. The third kappa shape index (κ3) is 4.31. The van der Waals surface area contributed by atoms with E-state index in [4.69, 9.17) is 0 Å². The summed E-state index contributed by atoms with van der Waals surface area (Å²) in [5.41, 5.74) is 5.62. The van der Waals surface area contributed by atoms with Crippen LogP contribution in [-0.4, -0.2) is 28.2 Å². The molecule has 4 aromatic rings. The highest BCUT2D eigenvalue weighted by Crippen LogP contribution is 2.33. The number of nitrogens with zero attached hydrogens (tertiary/aromatic N) is 1. The summed E-state index contributed by atoms with van der Waals surface area (Å²) in [4.78, 5) is 33.0.